The van der Waals surface area contributed by atoms with Crippen molar-refractivity contribution in [3.8, 4) is 0 Å². The van der Waals surface area contributed by atoms with Crippen LogP contribution in [-0.2, 0) is 19.4 Å². The molecule has 1 aromatic heterocycles. The maximum Gasteiger partial charge on any atom is 0.309 e. The number of likely N-dealkylation sites (N-methyl/N-ethyl adjacent to an activating group) is 1. The highest BCUT2D eigenvalue weighted by Gasteiger charge is 2.31. The van der Waals surface area contributed by atoms with Crippen molar-refractivity contribution in [1.29, 1.82) is 0 Å². The lowest BCUT2D eigenvalue weighted by Crippen LogP contribution is -2.40. The van der Waals surface area contributed by atoms with E-state index in [2.05, 4.69) is 10.6 Å². The third-order valence-corrected chi connectivity index (χ3v) is 7.23. The van der Waals surface area contributed by atoms with E-state index in [1.807, 2.05) is 13.8 Å². The lowest BCUT2D eigenvalue weighted by Gasteiger charge is -2.18. The summed E-state index contributed by atoms with van der Waals surface area (Å²) in [5.41, 5.74) is 1.05. The van der Waals surface area contributed by atoms with Crippen LogP contribution in [0.5, 0.6) is 0 Å². The number of thiophene rings is 1. The number of hydrogen-bond acceptors (Lipinski definition) is 5. The van der Waals surface area contributed by atoms with Gasteiger partial charge in [0, 0.05) is 18.5 Å². The lowest BCUT2D eigenvalue weighted by molar-refractivity contribution is -0.138. The molecule has 8 heteroatoms. The molecule has 0 aliphatic heterocycles. The highest BCUT2D eigenvalue weighted by atomic mass is 32.2. The topological polar surface area (TPSA) is 92.3 Å². The van der Waals surface area contributed by atoms with Crippen LogP contribution in [0.25, 0.3) is 0 Å². The SMILES string of the molecule is CNC(=O)C(=O)NC[C@H](c1cccs1)S(=O)(=O)c1ccc(C(C)C)cc1. The molecule has 2 rings (SSSR count). The molecular weight excluding hydrogens is 372 g/mol. The maximum atomic E-state index is 13.1. The quantitative estimate of drug-likeness (QED) is 0.735. The van der Waals surface area contributed by atoms with Crippen LogP contribution < -0.4 is 10.6 Å². The van der Waals surface area contributed by atoms with Gasteiger partial charge in [-0.2, -0.15) is 0 Å². The Balaban J connectivity index is 2.31. The summed E-state index contributed by atoms with van der Waals surface area (Å²) in [6.07, 6.45) is 0. The molecule has 140 valence electrons. The summed E-state index contributed by atoms with van der Waals surface area (Å²) in [6, 6.07) is 10.2. The number of carbonyl (C=O) groups excluding carboxylic acids is 2. The van der Waals surface area contributed by atoms with Gasteiger partial charge in [-0.25, -0.2) is 8.42 Å². The van der Waals surface area contributed by atoms with Crippen LogP contribution in [0.15, 0.2) is 46.7 Å². The molecule has 0 unspecified atom stereocenters. The maximum absolute atomic E-state index is 13.1. The molecular formula is C18H22N2O4S2. The third kappa shape index (κ3) is 4.50. The minimum atomic E-state index is -3.73. The van der Waals surface area contributed by atoms with E-state index in [9.17, 15) is 18.0 Å². The number of carbonyl (C=O) groups is 2. The van der Waals surface area contributed by atoms with E-state index in [0.29, 0.717) is 10.8 Å². The monoisotopic (exact) mass is 394 g/mol. The van der Waals surface area contributed by atoms with Crippen molar-refractivity contribution < 1.29 is 18.0 Å². The number of hydrogen-bond donors (Lipinski definition) is 2. The second-order valence-electron chi connectivity index (χ2n) is 6.06. The summed E-state index contributed by atoms with van der Waals surface area (Å²) in [4.78, 5) is 23.9. The molecule has 0 saturated carbocycles. The van der Waals surface area contributed by atoms with E-state index in [1.54, 1.807) is 41.8 Å². The summed E-state index contributed by atoms with van der Waals surface area (Å²) in [6.45, 7) is 3.89. The van der Waals surface area contributed by atoms with Crippen LogP contribution in [0.2, 0.25) is 0 Å². The Bertz CT molecular complexity index is 857. The largest absolute Gasteiger partial charge is 0.351 e. The Hall–Kier alpha value is -2.19. The van der Waals surface area contributed by atoms with Crippen molar-refractivity contribution in [3.05, 3.63) is 52.2 Å². The molecule has 0 radical (unpaired) electrons. The van der Waals surface area contributed by atoms with Gasteiger partial charge in [-0.1, -0.05) is 32.0 Å². The predicted octanol–water partition coefficient (Wildman–Crippen LogP) is 2.25. The molecule has 0 saturated heterocycles. The summed E-state index contributed by atoms with van der Waals surface area (Å²) in [5.74, 6) is -1.38. The average molecular weight is 395 g/mol. The summed E-state index contributed by atoms with van der Waals surface area (Å²) in [5, 5.41) is 5.44. The number of sulfone groups is 1. The number of benzene rings is 1. The van der Waals surface area contributed by atoms with E-state index < -0.39 is 26.9 Å². The average Bonchev–Trinajstić information content (AvgIpc) is 3.15. The highest BCUT2D eigenvalue weighted by molar-refractivity contribution is 7.91. The highest BCUT2D eigenvalue weighted by Crippen LogP contribution is 2.32. The molecule has 6 nitrogen and oxygen atoms in total. The smallest absolute Gasteiger partial charge is 0.309 e. The molecule has 1 heterocycles. The number of amides is 2. The Morgan fingerprint density at radius 2 is 1.73 bits per heavy atom. The second-order valence-corrected chi connectivity index (χ2v) is 9.17. The van der Waals surface area contributed by atoms with E-state index >= 15 is 0 Å². The van der Waals surface area contributed by atoms with E-state index in [1.165, 1.54) is 18.4 Å². The molecule has 2 N–H and O–H groups in total. The molecule has 0 aliphatic rings. The second kappa shape index (κ2) is 8.46. The number of nitrogens with one attached hydrogen (secondary N) is 2. The van der Waals surface area contributed by atoms with Gasteiger partial charge in [-0.3, -0.25) is 9.59 Å². The van der Waals surface area contributed by atoms with Crippen molar-refractivity contribution in [3.63, 3.8) is 0 Å². The van der Waals surface area contributed by atoms with Gasteiger partial charge < -0.3 is 10.6 Å². The normalized spacial score (nSPS) is 12.6. The minimum Gasteiger partial charge on any atom is -0.351 e. The van der Waals surface area contributed by atoms with Gasteiger partial charge in [0.1, 0.15) is 5.25 Å². The van der Waals surface area contributed by atoms with Crippen LogP contribution in [0, 0.1) is 0 Å². The van der Waals surface area contributed by atoms with E-state index in [0.717, 1.165) is 5.56 Å². The van der Waals surface area contributed by atoms with Crippen molar-refractivity contribution in [2.45, 2.75) is 29.9 Å². The Morgan fingerprint density at radius 3 is 2.23 bits per heavy atom. The third-order valence-electron chi connectivity index (χ3n) is 3.99. The first-order valence-corrected chi connectivity index (χ1v) is 10.6. The van der Waals surface area contributed by atoms with E-state index in [-0.39, 0.29) is 11.4 Å². The predicted molar refractivity (Wildman–Crippen MR) is 102 cm³/mol. The Labute approximate surface area is 157 Å². The zero-order valence-corrected chi connectivity index (χ0v) is 16.5. The summed E-state index contributed by atoms with van der Waals surface area (Å²) in [7, 11) is -2.39. The van der Waals surface area contributed by atoms with Gasteiger partial charge in [-0.15, -0.1) is 11.3 Å². The van der Waals surface area contributed by atoms with Crippen LogP contribution in [0.1, 0.15) is 35.5 Å². The molecule has 0 fully saturated rings. The van der Waals surface area contributed by atoms with Gasteiger partial charge >= 0.3 is 11.8 Å². The fourth-order valence-corrected chi connectivity index (χ4v) is 5.21. The zero-order chi connectivity index (χ0) is 19.3. The molecule has 2 aromatic rings. The molecule has 1 aromatic carbocycles. The van der Waals surface area contributed by atoms with Gasteiger partial charge in [0.05, 0.1) is 4.90 Å². The van der Waals surface area contributed by atoms with Crippen LogP contribution >= 0.6 is 11.3 Å². The van der Waals surface area contributed by atoms with Crippen molar-refractivity contribution in [2.24, 2.45) is 0 Å². The molecule has 0 spiro atoms. The minimum absolute atomic E-state index is 0.180. The molecule has 0 aliphatic carbocycles. The standard InChI is InChI=1S/C18H22N2O4S2/c1-12(2)13-6-8-14(9-7-13)26(23,24)16(15-5-4-10-25-15)11-20-18(22)17(21)19-3/h4-10,12,16H,11H2,1-3H3,(H,19,21)(H,20,22)/t16-/m1/s1. The van der Waals surface area contributed by atoms with Crippen LogP contribution in [0.4, 0.5) is 0 Å². The van der Waals surface area contributed by atoms with E-state index in [4.69, 9.17) is 0 Å². The van der Waals surface area contributed by atoms with Crippen molar-refractivity contribution >= 4 is 33.0 Å². The molecule has 2 amide bonds. The van der Waals surface area contributed by atoms with Gasteiger partial charge in [-0.05, 0) is 35.1 Å². The Morgan fingerprint density at radius 1 is 1.08 bits per heavy atom. The van der Waals surface area contributed by atoms with Crippen LogP contribution in [-0.4, -0.2) is 33.8 Å². The summed E-state index contributed by atoms with van der Waals surface area (Å²) >= 11 is 1.30. The fraction of sp³-hybridized carbons (Fsp3) is 0.333. The van der Waals surface area contributed by atoms with Gasteiger partial charge in [0.15, 0.2) is 9.84 Å². The molecule has 0 bridgehead atoms. The van der Waals surface area contributed by atoms with Gasteiger partial charge in [0.25, 0.3) is 0 Å². The van der Waals surface area contributed by atoms with Crippen molar-refractivity contribution in [2.75, 3.05) is 13.6 Å². The number of rotatable bonds is 6. The van der Waals surface area contributed by atoms with Crippen LogP contribution in [0.3, 0.4) is 0 Å². The van der Waals surface area contributed by atoms with Crippen molar-refractivity contribution in [1.82, 2.24) is 10.6 Å². The first-order chi connectivity index (χ1) is 12.3. The fourth-order valence-electron chi connectivity index (χ4n) is 2.42. The molecule has 1 atom stereocenters. The zero-order valence-electron chi connectivity index (χ0n) is 14.9. The first kappa shape index (κ1) is 20.1. The first-order valence-electron chi connectivity index (χ1n) is 8.14. The molecule has 26 heavy (non-hydrogen) atoms. The summed E-state index contributed by atoms with van der Waals surface area (Å²) < 4.78 is 26.2. The van der Waals surface area contributed by atoms with Gasteiger partial charge in [0.2, 0.25) is 0 Å². The Kier molecular flexibility index (Phi) is 6.55. The lowest BCUT2D eigenvalue weighted by atomic mass is 10.0.